The first-order chi connectivity index (χ1) is 11.5. The van der Waals surface area contributed by atoms with E-state index < -0.39 is 5.97 Å². The van der Waals surface area contributed by atoms with Crippen LogP contribution in [0.1, 0.15) is 21.6 Å². The summed E-state index contributed by atoms with van der Waals surface area (Å²) in [5.74, 6) is -1.16. The Morgan fingerprint density at radius 1 is 1.29 bits per heavy atom. The minimum atomic E-state index is -1.16. The van der Waals surface area contributed by atoms with E-state index in [1.165, 1.54) is 12.1 Å². The Balaban J connectivity index is 2.32. The van der Waals surface area contributed by atoms with E-state index in [0.717, 1.165) is 0 Å². The summed E-state index contributed by atoms with van der Waals surface area (Å²) in [6.07, 6.45) is 4.61. The average Bonchev–Trinajstić information content (AvgIpc) is 2.92. The second-order valence-corrected chi connectivity index (χ2v) is 5.78. The van der Waals surface area contributed by atoms with Crippen LogP contribution in [0, 0.1) is 11.3 Å². The van der Waals surface area contributed by atoms with Crippen molar-refractivity contribution in [3.8, 4) is 6.07 Å². The number of carbonyl (C=O) groups is 1. The number of rotatable bonds is 3. The molecule has 5 nitrogen and oxygen atoms in total. The van der Waals surface area contributed by atoms with Crippen LogP contribution >= 0.6 is 23.2 Å². The maximum atomic E-state index is 11.6. The number of hydrogen-bond donors (Lipinski definition) is 2. The molecule has 118 valence electrons. The number of aromatic amines is 1. The van der Waals surface area contributed by atoms with Crippen LogP contribution in [0.15, 0.2) is 36.7 Å². The quantitative estimate of drug-likeness (QED) is 0.668. The van der Waals surface area contributed by atoms with Crippen LogP contribution in [0.25, 0.3) is 22.6 Å². The summed E-state index contributed by atoms with van der Waals surface area (Å²) in [6, 6.07) is 8.53. The van der Waals surface area contributed by atoms with Gasteiger partial charge >= 0.3 is 5.97 Å². The Morgan fingerprint density at radius 2 is 2.00 bits per heavy atom. The number of carboxylic acid groups (broad SMARTS) is 1. The number of nitrogens with one attached hydrogen (secondary N) is 1. The van der Waals surface area contributed by atoms with Crippen molar-refractivity contribution in [2.24, 2.45) is 0 Å². The van der Waals surface area contributed by atoms with Gasteiger partial charge in [-0.25, -0.2) is 4.79 Å². The van der Waals surface area contributed by atoms with Crippen molar-refractivity contribution in [1.82, 2.24) is 9.97 Å². The Kier molecular flexibility index (Phi) is 4.26. The molecule has 0 radical (unpaired) electrons. The second-order valence-electron chi connectivity index (χ2n) is 4.93. The summed E-state index contributed by atoms with van der Waals surface area (Å²) >= 11 is 12.2. The topological polar surface area (TPSA) is 89.8 Å². The molecule has 3 aromatic rings. The van der Waals surface area contributed by atoms with E-state index in [1.54, 1.807) is 30.6 Å². The molecule has 2 heterocycles. The number of benzene rings is 1. The molecule has 0 saturated carbocycles. The molecule has 0 amide bonds. The highest BCUT2D eigenvalue weighted by Crippen LogP contribution is 2.34. The van der Waals surface area contributed by atoms with Gasteiger partial charge in [0.2, 0.25) is 0 Å². The van der Waals surface area contributed by atoms with Crippen LogP contribution in [-0.2, 0) is 0 Å². The number of pyridine rings is 1. The zero-order valence-electron chi connectivity index (χ0n) is 12.0. The first-order valence-corrected chi connectivity index (χ1v) is 7.53. The van der Waals surface area contributed by atoms with Crippen molar-refractivity contribution in [3.05, 3.63) is 63.5 Å². The second kappa shape index (κ2) is 6.36. The number of fused-ring (bicyclic) bond motifs is 1. The smallest absolute Gasteiger partial charge is 0.352 e. The molecule has 0 aliphatic heterocycles. The van der Waals surface area contributed by atoms with Crippen molar-refractivity contribution in [1.29, 1.82) is 5.26 Å². The fourth-order valence-corrected chi connectivity index (χ4v) is 3.04. The van der Waals surface area contributed by atoms with E-state index in [1.807, 2.05) is 0 Å². The van der Waals surface area contributed by atoms with E-state index >= 15 is 0 Å². The fourth-order valence-electron chi connectivity index (χ4n) is 2.44. The normalized spacial score (nSPS) is 11.5. The van der Waals surface area contributed by atoms with E-state index in [2.05, 4.69) is 16.0 Å². The highest BCUT2D eigenvalue weighted by molar-refractivity contribution is 6.39. The molecule has 0 spiro atoms. The van der Waals surface area contributed by atoms with Gasteiger partial charge in [-0.3, -0.25) is 4.98 Å². The van der Waals surface area contributed by atoms with Crippen molar-refractivity contribution in [2.45, 2.75) is 0 Å². The summed E-state index contributed by atoms with van der Waals surface area (Å²) in [4.78, 5) is 18.3. The number of aromatic carboxylic acids is 1. The Hall–Kier alpha value is -2.81. The maximum absolute atomic E-state index is 11.6. The van der Waals surface area contributed by atoms with Crippen LogP contribution in [0.5, 0.6) is 0 Å². The average molecular weight is 358 g/mol. The van der Waals surface area contributed by atoms with Crippen molar-refractivity contribution in [2.75, 3.05) is 0 Å². The number of nitrogens with zero attached hydrogens (tertiary/aromatic N) is 2. The summed E-state index contributed by atoms with van der Waals surface area (Å²) in [5, 5.41) is 20.1. The number of hydrogen-bond acceptors (Lipinski definition) is 3. The van der Waals surface area contributed by atoms with Gasteiger partial charge in [0.1, 0.15) is 5.69 Å². The molecular weight excluding hydrogens is 349 g/mol. The SMILES string of the molecule is N#CC(=Cc1c(C(=O)O)[nH]c2cc(Cl)cc(Cl)c12)c1ccncc1. The van der Waals surface area contributed by atoms with Gasteiger partial charge in [-0.2, -0.15) is 5.26 Å². The molecule has 3 rings (SSSR count). The molecule has 0 aliphatic rings. The summed E-state index contributed by atoms with van der Waals surface area (Å²) in [5.41, 5.74) is 1.68. The van der Waals surface area contributed by atoms with Gasteiger partial charge in [0.25, 0.3) is 0 Å². The summed E-state index contributed by atoms with van der Waals surface area (Å²) < 4.78 is 0. The molecule has 0 unspecified atom stereocenters. The third-order valence-corrected chi connectivity index (χ3v) is 3.98. The highest BCUT2D eigenvalue weighted by Gasteiger charge is 2.19. The van der Waals surface area contributed by atoms with Crippen molar-refractivity contribution < 1.29 is 9.90 Å². The van der Waals surface area contributed by atoms with E-state index in [4.69, 9.17) is 23.2 Å². The number of halogens is 2. The number of H-pyrrole nitrogens is 1. The molecule has 0 atom stereocenters. The van der Waals surface area contributed by atoms with Gasteiger partial charge < -0.3 is 10.1 Å². The number of nitriles is 1. The van der Waals surface area contributed by atoms with Gasteiger partial charge in [0.05, 0.1) is 16.7 Å². The highest BCUT2D eigenvalue weighted by atomic mass is 35.5. The van der Waals surface area contributed by atoms with Crippen molar-refractivity contribution >= 4 is 51.7 Å². The molecule has 2 N–H and O–H groups in total. The molecule has 7 heteroatoms. The van der Waals surface area contributed by atoms with Gasteiger partial charge in [-0.1, -0.05) is 23.2 Å². The first-order valence-electron chi connectivity index (χ1n) is 6.77. The zero-order chi connectivity index (χ0) is 17.3. The molecule has 24 heavy (non-hydrogen) atoms. The van der Waals surface area contributed by atoms with Crippen LogP contribution in [-0.4, -0.2) is 21.0 Å². The van der Waals surface area contributed by atoms with Gasteiger partial charge in [-0.15, -0.1) is 0 Å². The van der Waals surface area contributed by atoms with E-state index in [-0.39, 0.29) is 5.69 Å². The fraction of sp³-hybridized carbons (Fsp3) is 0. The zero-order valence-corrected chi connectivity index (χ0v) is 13.6. The number of aromatic nitrogens is 2. The Labute approximate surface area is 146 Å². The minimum Gasteiger partial charge on any atom is -0.477 e. The largest absolute Gasteiger partial charge is 0.477 e. The van der Waals surface area contributed by atoms with Crippen LogP contribution in [0.2, 0.25) is 10.0 Å². The Bertz CT molecular complexity index is 1020. The lowest BCUT2D eigenvalue weighted by Gasteiger charge is -2.01. The lowest BCUT2D eigenvalue weighted by Crippen LogP contribution is -1.99. The maximum Gasteiger partial charge on any atom is 0.352 e. The molecular formula is C17H9Cl2N3O2. The molecule has 0 saturated heterocycles. The number of allylic oxidation sites excluding steroid dienone is 1. The predicted octanol–water partition coefficient (Wildman–Crippen LogP) is 4.63. The van der Waals surface area contributed by atoms with Crippen LogP contribution < -0.4 is 0 Å². The molecule has 1 aromatic carbocycles. The molecule has 0 aliphatic carbocycles. The lowest BCUT2D eigenvalue weighted by molar-refractivity contribution is 0.0691. The monoisotopic (exact) mass is 357 g/mol. The molecule has 0 bridgehead atoms. The standard InChI is InChI=1S/C17H9Cl2N3O2/c18-11-6-13(19)15-12(16(17(23)24)22-14(15)7-11)5-10(8-20)9-1-3-21-4-2-9/h1-7,22H,(H,23,24). The number of carboxylic acids is 1. The van der Waals surface area contributed by atoms with Gasteiger partial charge in [0, 0.05) is 33.9 Å². The summed E-state index contributed by atoms with van der Waals surface area (Å²) in [7, 11) is 0. The third-order valence-electron chi connectivity index (χ3n) is 3.47. The Morgan fingerprint density at radius 3 is 2.62 bits per heavy atom. The van der Waals surface area contributed by atoms with Crippen molar-refractivity contribution in [3.63, 3.8) is 0 Å². The first kappa shape index (κ1) is 16.1. The lowest BCUT2D eigenvalue weighted by atomic mass is 10.0. The van der Waals surface area contributed by atoms with E-state index in [9.17, 15) is 15.2 Å². The van der Waals surface area contributed by atoms with E-state index in [0.29, 0.717) is 37.6 Å². The van der Waals surface area contributed by atoms with Crippen LogP contribution in [0.4, 0.5) is 0 Å². The van der Waals surface area contributed by atoms with Crippen LogP contribution in [0.3, 0.4) is 0 Å². The minimum absolute atomic E-state index is 0.0593. The van der Waals surface area contributed by atoms with Gasteiger partial charge in [-0.05, 0) is 35.9 Å². The third kappa shape index (κ3) is 2.85. The molecule has 0 fully saturated rings. The predicted molar refractivity (Wildman–Crippen MR) is 93.0 cm³/mol. The van der Waals surface area contributed by atoms with Gasteiger partial charge in [0.15, 0.2) is 0 Å². The summed E-state index contributed by atoms with van der Waals surface area (Å²) in [6.45, 7) is 0. The molecule has 2 aromatic heterocycles.